The summed E-state index contributed by atoms with van der Waals surface area (Å²) in [7, 11) is 0. The van der Waals surface area contributed by atoms with Crippen LogP contribution in [0, 0.1) is 5.92 Å². The van der Waals surface area contributed by atoms with Gasteiger partial charge in [-0.25, -0.2) is 0 Å². The van der Waals surface area contributed by atoms with E-state index in [1.807, 2.05) is 0 Å². The first-order valence-electron chi connectivity index (χ1n) is 2.04. The first kappa shape index (κ1) is 17.4. The molecule has 0 aliphatic rings. The summed E-state index contributed by atoms with van der Waals surface area (Å²) in [5.74, 6) is -0.263. The first-order chi connectivity index (χ1) is 3.18. The summed E-state index contributed by atoms with van der Waals surface area (Å²) in [4.78, 5) is 9.99. The number of rotatable bonds is 2. The Morgan fingerprint density at radius 2 is 2.11 bits per heavy atom. The molecule has 1 unspecified atom stereocenters. The van der Waals surface area contributed by atoms with Gasteiger partial charge in [0.15, 0.2) is 0 Å². The van der Waals surface area contributed by atoms with Gasteiger partial charge in [0.2, 0.25) is 0 Å². The van der Waals surface area contributed by atoms with Crippen LogP contribution >= 0.6 is 12.6 Å². The average molecular weight is 390 g/mol. The van der Waals surface area contributed by atoms with E-state index in [2.05, 4.69) is 12.6 Å². The molecule has 0 rings (SSSR count). The Hall–Kier alpha value is 2.29. The molecule has 0 bridgehead atoms. The third kappa shape index (κ3) is 10.3. The van der Waals surface area contributed by atoms with E-state index in [1.54, 1.807) is 6.92 Å². The van der Waals surface area contributed by atoms with E-state index in [-0.39, 0.29) is 84.5 Å². The summed E-state index contributed by atoms with van der Waals surface area (Å²) in [5.41, 5.74) is 6.50. The molecule has 0 saturated heterocycles. The number of nitrogens with one attached hydrogen (secondary N) is 1. The van der Waals surface area contributed by atoms with Crippen molar-refractivity contribution in [3.8, 4) is 0 Å². The van der Waals surface area contributed by atoms with Crippen LogP contribution in [-0.2, 0) is 25.2 Å². The van der Waals surface area contributed by atoms with E-state index < -0.39 is 5.91 Å². The Kier molecular flexibility index (Phi) is 19.9. The molecule has 9 heavy (non-hydrogen) atoms. The van der Waals surface area contributed by atoms with Gasteiger partial charge in [-0.1, -0.05) is 6.92 Å². The maximum atomic E-state index is 9.99. The SMILES string of the molecule is CC(CS)C([NH-])=O.[Rb+].[Re]. The molecule has 0 aromatic rings. The monoisotopic (exact) mass is 390 g/mol. The normalized spacial score (nSPS) is 10.4. The number of amides is 1. The van der Waals surface area contributed by atoms with Crippen LogP contribution in [0.3, 0.4) is 0 Å². The summed E-state index contributed by atoms with van der Waals surface area (Å²) >= 11 is 3.81. The maximum Gasteiger partial charge on any atom is 1.00 e. The molecule has 2 nitrogen and oxygen atoms in total. The van der Waals surface area contributed by atoms with Gasteiger partial charge in [-0.2, -0.15) is 12.6 Å². The van der Waals surface area contributed by atoms with Crippen LogP contribution in [-0.4, -0.2) is 11.7 Å². The van der Waals surface area contributed by atoms with Crippen molar-refractivity contribution in [2.45, 2.75) is 6.92 Å². The topological polar surface area (TPSA) is 40.9 Å². The molecule has 0 heterocycles. The third-order valence-corrected chi connectivity index (χ3v) is 1.27. The fraction of sp³-hybridized carbons (Fsp3) is 0.750. The first-order valence-corrected chi connectivity index (χ1v) is 2.68. The van der Waals surface area contributed by atoms with E-state index in [4.69, 9.17) is 5.73 Å². The van der Waals surface area contributed by atoms with Crippen LogP contribution < -0.4 is 58.2 Å². The predicted molar refractivity (Wildman–Crippen MR) is 32.3 cm³/mol. The Bertz CT molecular complexity index is 83.0. The molecule has 1 radical (unpaired) electrons. The standard InChI is InChI=1S/C4H9NOS.Rb.Re/c1-3(2-7)4(5)6;;/h3H,2H2,1H3,(H3,5,6,7);;/q;+1;/p-1. The molecule has 0 aliphatic carbocycles. The van der Waals surface area contributed by atoms with E-state index in [0.29, 0.717) is 5.75 Å². The van der Waals surface area contributed by atoms with Crippen LogP contribution in [0.25, 0.3) is 5.73 Å². The zero-order chi connectivity index (χ0) is 5.86. The van der Waals surface area contributed by atoms with Crippen molar-refractivity contribution in [1.29, 1.82) is 0 Å². The molecule has 49 valence electrons. The van der Waals surface area contributed by atoms with Crippen molar-refractivity contribution in [3.05, 3.63) is 5.73 Å². The van der Waals surface area contributed by atoms with Gasteiger partial charge in [-0.15, -0.1) is 0 Å². The van der Waals surface area contributed by atoms with E-state index >= 15 is 0 Å². The van der Waals surface area contributed by atoms with Crippen LogP contribution in [0.2, 0.25) is 0 Å². The van der Waals surface area contributed by atoms with Crippen molar-refractivity contribution in [1.82, 2.24) is 0 Å². The molecule has 0 aromatic carbocycles. The molecule has 0 saturated carbocycles. The summed E-state index contributed by atoms with van der Waals surface area (Å²) in [6, 6.07) is 0. The fourth-order valence-corrected chi connectivity index (χ4v) is 0.249. The number of carbonyl (C=O) groups excluding carboxylic acids is 1. The Balaban J connectivity index is -0.000000180. The molecule has 1 N–H and O–H groups in total. The van der Waals surface area contributed by atoms with E-state index in [0.717, 1.165) is 0 Å². The Labute approximate surface area is 124 Å². The number of carbonyl (C=O) groups is 1. The zero-order valence-corrected chi connectivity index (χ0v) is 14.0. The fourth-order valence-electron chi connectivity index (χ4n) is 0.0829. The van der Waals surface area contributed by atoms with Crippen molar-refractivity contribution >= 4 is 18.5 Å². The van der Waals surface area contributed by atoms with Gasteiger partial charge >= 0.3 is 58.2 Å². The largest absolute Gasteiger partial charge is 1.00 e. The van der Waals surface area contributed by atoms with Gasteiger partial charge in [0.25, 0.3) is 0 Å². The molecule has 0 aliphatic heterocycles. The van der Waals surface area contributed by atoms with Gasteiger partial charge in [0, 0.05) is 26.3 Å². The number of hydrogen-bond donors (Lipinski definition) is 1. The van der Waals surface area contributed by atoms with Crippen molar-refractivity contribution in [3.63, 3.8) is 0 Å². The summed E-state index contributed by atoms with van der Waals surface area (Å²) in [6.07, 6.45) is 0. The Morgan fingerprint density at radius 1 is 1.78 bits per heavy atom. The van der Waals surface area contributed by atoms with Crippen molar-refractivity contribution in [2.75, 3.05) is 5.75 Å². The van der Waals surface area contributed by atoms with Crippen LogP contribution in [0.5, 0.6) is 0 Å². The van der Waals surface area contributed by atoms with Gasteiger partial charge in [0.05, 0.1) is 5.91 Å². The van der Waals surface area contributed by atoms with Crippen LogP contribution in [0.1, 0.15) is 6.92 Å². The quantitative estimate of drug-likeness (QED) is 0.553. The minimum atomic E-state index is -0.532. The third-order valence-electron chi connectivity index (χ3n) is 0.721. The molecule has 0 aromatic heterocycles. The zero-order valence-electron chi connectivity index (χ0n) is 5.52. The molecule has 1 amide bonds. The van der Waals surface area contributed by atoms with Crippen LogP contribution in [0.15, 0.2) is 0 Å². The minimum Gasteiger partial charge on any atom is -0.668 e. The average Bonchev–Trinajstić information content (AvgIpc) is 1.65. The van der Waals surface area contributed by atoms with Gasteiger partial charge in [-0.05, 0) is 5.75 Å². The van der Waals surface area contributed by atoms with Gasteiger partial charge in [-0.3, -0.25) is 0 Å². The van der Waals surface area contributed by atoms with Gasteiger partial charge in [0.1, 0.15) is 0 Å². The summed E-state index contributed by atoms with van der Waals surface area (Å²) in [5, 5.41) is 0. The number of thiol groups is 1. The molecule has 0 spiro atoms. The molecular formula is C4H8NORbReS. The van der Waals surface area contributed by atoms with Crippen molar-refractivity contribution in [2.24, 2.45) is 5.92 Å². The second-order valence-electron chi connectivity index (χ2n) is 1.45. The minimum absolute atomic E-state index is 0. The van der Waals surface area contributed by atoms with Crippen molar-refractivity contribution < 1.29 is 83.4 Å². The maximum absolute atomic E-state index is 9.99. The van der Waals surface area contributed by atoms with E-state index in [9.17, 15) is 4.79 Å². The van der Waals surface area contributed by atoms with Crippen LogP contribution in [0.4, 0.5) is 0 Å². The second-order valence-corrected chi connectivity index (χ2v) is 1.81. The smallest absolute Gasteiger partial charge is 0.668 e. The second kappa shape index (κ2) is 10.3. The van der Waals surface area contributed by atoms with Gasteiger partial charge < -0.3 is 10.5 Å². The molecule has 1 atom stereocenters. The predicted octanol–water partition coefficient (Wildman–Crippen LogP) is -1.87. The molecule has 5 heteroatoms. The number of hydrogen-bond acceptors (Lipinski definition) is 2. The van der Waals surface area contributed by atoms with E-state index in [1.165, 1.54) is 0 Å². The molecular weight excluding hydrogens is 382 g/mol. The summed E-state index contributed by atoms with van der Waals surface area (Å²) in [6.45, 7) is 1.68. The molecule has 0 fully saturated rings. The Morgan fingerprint density at radius 3 is 2.11 bits per heavy atom. The summed E-state index contributed by atoms with van der Waals surface area (Å²) < 4.78 is 0.